The third-order valence-corrected chi connectivity index (χ3v) is 4.44. The van der Waals surface area contributed by atoms with Crippen LogP contribution in [0.4, 0.5) is 5.69 Å². The zero-order chi connectivity index (χ0) is 13.3. The van der Waals surface area contributed by atoms with Gasteiger partial charge in [0, 0.05) is 17.2 Å². The summed E-state index contributed by atoms with van der Waals surface area (Å²) in [7, 11) is 0. The topological polar surface area (TPSA) is 43.1 Å². The highest BCUT2D eigenvalue weighted by Crippen LogP contribution is 2.35. The van der Waals surface area contributed by atoms with Crippen LogP contribution < -0.4 is 5.73 Å². The molecule has 0 spiro atoms. The number of ketones is 1. The monoisotopic (exact) mass is 245 g/mol. The van der Waals surface area contributed by atoms with Crippen LogP contribution >= 0.6 is 0 Å². The van der Waals surface area contributed by atoms with E-state index >= 15 is 0 Å². The predicted molar refractivity (Wildman–Crippen MR) is 75.6 cm³/mol. The van der Waals surface area contributed by atoms with Crippen LogP contribution in [0.3, 0.4) is 0 Å². The molecular formula is C16H23NO. The normalized spacial score (nSPS) is 28.1. The lowest BCUT2D eigenvalue weighted by molar-refractivity contribution is 0.0838. The minimum Gasteiger partial charge on any atom is -0.398 e. The van der Waals surface area contributed by atoms with Gasteiger partial charge in [-0.2, -0.15) is 0 Å². The molecule has 2 heteroatoms. The van der Waals surface area contributed by atoms with E-state index in [4.69, 9.17) is 5.73 Å². The van der Waals surface area contributed by atoms with Gasteiger partial charge in [-0.15, -0.1) is 0 Å². The number of anilines is 1. The summed E-state index contributed by atoms with van der Waals surface area (Å²) < 4.78 is 0. The first kappa shape index (κ1) is 13.1. The molecule has 1 aliphatic carbocycles. The van der Waals surface area contributed by atoms with Crippen molar-refractivity contribution >= 4 is 11.5 Å². The Morgan fingerprint density at radius 2 is 1.94 bits per heavy atom. The van der Waals surface area contributed by atoms with Crippen LogP contribution in [-0.4, -0.2) is 5.78 Å². The van der Waals surface area contributed by atoms with Crippen LogP contribution in [0.1, 0.15) is 49.0 Å². The smallest absolute Gasteiger partial charge is 0.168 e. The van der Waals surface area contributed by atoms with Crippen molar-refractivity contribution in [2.45, 2.75) is 40.0 Å². The molecular weight excluding hydrogens is 222 g/mol. The van der Waals surface area contributed by atoms with Gasteiger partial charge in [-0.05, 0) is 50.2 Å². The van der Waals surface area contributed by atoms with E-state index in [1.807, 2.05) is 25.1 Å². The minimum absolute atomic E-state index is 0.167. The molecule has 0 radical (unpaired) electrons. The van der Waals surface area contributed by atoms with Gasteiger partial charge >= 0.3 is 0 Å². The van der Waals surface area contributed by atoms with Crippen molar-refractivity contribution in [1.29, 1.82) is 0 Å². The second-order valence-electron chi connectivity index (χ2n) is 5.92. The van der Waals surface area contributed by atoms with E-state index in [2.05, 4.69) is 13.8 Å². The Morgan fingerprint density at radius 1 is 1.22 bits per heavy atom. The van der Waals surface area contributed by atoms with Crippen LogP contribution in [0.15, 0.2) is 18.2 Å². The van der Waals surface area contributed by atoms with Gasteiger partial charge in [0.2, 0.25) is 0 Å². The standard InChI is InChI=1S/C16H23NO/c1-10-4-7-15(17)14(8-10)16(18)13-6-5-11(2)12(3)9-13/h4,7-8,11-13H,5-6,9,17H2,1-3H3. The summed E-state index contributed by atoms with van der Waals surface area (Å²) in [6, 6.07) is 5.73. The number of carbonyl (C=O) groups excluding carboxylic acids is 1. The molecule has 3 unspecified atom stereocenters. The molecule has 0 aromatic heterocycles. The molecule has 1 aromatic carbocycles. The summed E-state index contributed by atoms with van der Waals surface area (Å²) in [5.41, 5.74) is 8.39. The number of benzene rings is 1. The van der Waals surface area contributed by atoms with Crippen molar-refractivity contribution in [3.05, 3.63) is 29.3 Å². The Balaban J connectivity index is 2.19. The fourth-order valence-electron chi connectivity index (χ4n) is 2.89. The van der Waals surface area contributed by atoms with Gasteiger partial charge < -0.3 is 5.73 Å². The third-order valence-electron chi connectivity index (χ3n) is 4.44. The number of aryl methyl sites for hydroxylation is 1. The van der Waals surface area contributed by atoms with Gasteiger partial charge in [-0.3, -0.25) is 4.79 Å². The molecule has 0 amide bonds. The number of hydrogen-bond donors (Lipinski definition) is 1. The molecule has 0 heterocycles. The lowest BCUT2D eigenvalue weighted by Gasteiger charge is -2.31. The molecule has 2 N–H and O–H groups in total. The Bertz CT molecular complexity index is 452. The van der Waals surface area contributed by atoms with Gasteiger partial charge in [0.1, 0.15) is 0 Å². The van der Waals surface area contributed by atoms with E-state index in [1.54, 1.807) is 0 Å². The molecule has 1 aromatic rings. The molecule has 1 saturated carbocycles. The number of carbonyl (C=O) groups is 1. The molecule has 0 saturated heterocycles. The number of nitrogen functional groups attached to an aromatic ring is 1. The van der Waals surface area contributed by atoms with Crippen molar-refractivity contribution in [2.24, 2.45) is 17.8 Å². The first-order valence-corrected chi connectivity index (χ1v) is 6.89. The van der Waals surface area contributed by atoms with Crippen molar-refractivity contribution in [1.82, 2.24) is 0 Å². The van der Waals surface area contributed by atoms with Crippen LogP contribution in [-0.2, 0) is 0 Å². The first-order chi connectivity index (χ1) is 8.49. The fraction of sp³-hybridized carbons (Fsp3) is 0.562. The molecule has 0 aliphatic heterocycles. The Labute approximate surface area is 110 Å². The zero-order valence-corrected chi connectivity index (χ0v) is 11.6. The largest absolute Gasteiger partial charge is 0.398 e. The van der Waals surface area contributed by atoms with Crippen molar-refractivity contribution in [3.63, 3.8) is 0 Å². The summed E-state index contributed by atoms with van der Waals surface area (Å²) in [4.78, 5) is 12.5. The van der Waals surface area contributed by atoms with E-state index in [-0.39, 0.29) is 11.7 Å². The average Bonchev–Trinajstić information content (AvgIpc) is 2.35. The molecule has 1 fully saturated rings. The molecule has 1 aliphatic rings. The minimum atomic E-state index is 0.167. The van der Waals surface area contributed by atoms with Crippen LogP contribution in [0.25, 0.3) is 0 Å². The van der Waals surface area contributed by atoms with Gasteiger partial charge in [0.25, 0.3) is 0 Å². The predicted octanol–water partition coefficient (Wildman–Crippen LogP) is 3.83. The molecule has 3 atom stereocenters. The third kappa shape index (κ3) is 2.58. The summed E-state index contributed by atoms with van der Waals surface area (Å²) in [5.74, 6) is 1.79. The summed E-state index contributed by atoms with van der Waals surface area (Å²) >= 11 is 0. The lowest BCUT2D eigenvalue weighted by Crippen LogP contribution is -2.27. The molecule has 0 bridgehead atoms. The Kier molecular flexibility index (Phi) is 3.74. The maximum Gasteiger partial charge on any atom is 0.168 e. The zero-order valence-electron chi connectivity index (χ0n) is 11.6. The Morgan fingerprint density at radius 3 is 2.61 bits per heavy atom. The number of nitrogens with two attached hydrogens (primary N) is 1. The summed E-state index contributed by atoms with van der Waals surface area (Å²) in [5, 5.41) is 0. The van der Waals surface area contributed by atoms with E-state index in [0.717, 1.165) is 36.3 Å². The molecule has 18 heavy (non-hydrogen) atoms. The number of hydrogen-bond acceptors (Lipinski definition) is 2. The average molecular weight is 245 g/mol. The summed E-state index contributed by atoms with van der Waals surface area (Å²) in [6.07, 6.45) is 3.17. The van der Waals surface area contributed by atoms with Gasteiger partial charge in [-0.1, -0.05) is 25.5 Å². The second-order valence-corrected chi connectivity index (χ2v) is 5.92. The van der Waals surface area contributed by atoms with Gasteiger partial charge in [0.15, 0.2) is 5.78 Å². The van der Waals surface area contributed by atoms with E-state index < -0.39 is 0 Å². The fourth-order valence-corrected chi connectivity index (χ4v) is 2.89. The van der Waals surface area contributed by atoms with Crippen LogP contribution in [0.2, 0.25) is 0 Å². The summed E-state index contributed by atoms with van der Waals surface area (Å²) in [6.45, 7) is 6.54. The second kappa shape index (κ2) is 5.13. The highest BCUT2D eigenvalue weighted by Gasteiger charge is 2.30. The van der Waals surface area contributed by atoms with E-state index in [9.17, 15) is 4.79 Å². The van der Waals surface area contributed by atoms with Crippen LogP contribution in [0, 0.1) is 24.7 Å². The lowest BCUT2D eigenvalue weighted by atomic mass is 9.73. The maximum absolute atomic E-state index is 12.5. The highest BCUT2D eigenvalue weighted by atomic mass is 16.1. The van der Waals surface area contributed by atoms with E-state index in [1.165, 1.54) is 0 Å². The van der Waals surface area contributed by atoms with Crippen molar-refractivity contribution in [2.75, 3.05) is 5.73 Å². The van der Waals surface area contributed by atoms with Crippen LogP contribution in [0.5, 0.6) is 0 Å². The quantitative estimate of drug-likeness (QED) is 0.635. The Hall–Kier alpha value is -1.31. The first-order valence-electron chi connectivity index (χ1n) is 6.89. The number of Topliss-reactive ketones (excluding diaryl/α,β-unsaturated/α-hetero) is 1. The van der Waals surface area contributed by atoms with Gasteiger partial charge in [0.05, 0.1) is 0 Å². The highest BCUT2D eigenvalue weighted by molar-refractivity contribution is 6.02. The van der Waals surface area contributed by atoms with Crippen molar-refractivity contribution < 1.29 is 4.79 Å². The SMILES string of the molecule is Cc1ccc(N)c(C(=O)C2CCC(C)C(C)C2)c1. The number of rotatable bonds is 2. The van der Waals surface area contributed by atoms with Gasteiger partial charge in [-0.25, -0.2) is 0 Å². The maximum atomic E-state index is 12.5. The van der Waals surface area contributed by atoms with E-state index in [0.29, 0.717) is 11.6 Å². The molecule has 98 valence electrons. The van der Waals surface area contributed by atoms with Crippen molar-refractivity contribution in [3.8, 4) is 0 Å². The molecule has 2 nitrogen and oxygen atoms in total. The molecule has 2 rings (SSSR count).